The van der Waals surface area contributed by atoms with E-state index in [1.165, 1.54) is 77.0 Å². The molecule has 5 nitrogen and oxygen atoms in total. The summed E-state index contributed by atoms with van der Waals surface area (Å²) >= 11 is 0. The molecule has 0 rings (SSSR count). The lowest BCUT2D eigenvalue weighted by Crippen LogP contribution is -2.30. The molecule has 1 atom stereocenters. The molecule has 0 N–H and O–H groups in total. The Bertz CT molecular complexity index is 1540. The molecule has 5 heteroatoms. The Balaban J connectivity index is 4.48. The van der Waals surface area contributed by atoms with E-state index in [1.807, 2.05) is 0 Å². The van der Waals surface area contributed by atoms with E-state index in [2.05, 4.69) is 167 Å². The van der Waals surface area contributed by atoms with Gasteiger partial charge < -0.3 is 14.2 Å². The van der Waals surface area contributed by atoms with Crippen molar-refractivity contribution in [2.24, 2.45) is 0 Å². The Morgan fingerprint density at radius 1 is 0.319 bits per heavy atom. The van der Waals surface area contributed by atoms with Crippen molar-refractivity contribution in [1.82, 2.24) is 0 Å². The molecule has 0 heterocycles. The SMILES string of the molecule is CC/C=C\C/C=C\C/C=C\C/C=C\C/C=C\C/C=C\CCCOCC(COC(=O)CCCCC/C=C\C/C=C\C/C=C\C/C=C\C/C=C\CC)OC(=O)CCCCCCCCC/C=C\CCCCCCCC. The summed E-state index contributed by atoms with van der Waals surface area (Å²) in [4.78, 5) is 25.6. The fourth-order valence-corrected chi connectivity index (χ4v) is 7.55. The molecule has 406 valence electrons. The maximum Gasteiger partial charge on any atom is 0.306 e. The Morgan fingerprint density at radius 3 is 1.03 bits per heavy atom. The standard InChI is InChI=1S/C67H108O5/c1-4-7-10-13-16-19-22-25-28-31-33-35-38-41-44-47-50-53-56-59-62-70-63-65(72-67(69)61-58-55-52-49-46-43-40-36-30-27-24-21-18-15-12-9-6-3)64-71-66(68)60-57-54-51-48-45-42-39-37-34-32-29-26-23-20-17-14-11-8-5-2/h7-8,10-11,16-17,19-20,25-30,33-35,37,41-42,44-45,50,53,65H,4-6,9,12-15,18,21-24,31-32,36,38-40,43,46-49,51-52,54-64H2,1-3H3/b10-7-,11-8-,19-16-,20-17-,28-25-,29-26-,30-27-,35-33-,37-34-,44-41-,45-42-,53-50-. The average molecular weight is 994 g/mol. The Labute approximate surface area is 444 Å². The third kappa shape index (κ3) is 58.4. The lowest BCUT2D eigenvalue weighted by molar-refractivity contribution is -0.163. The second-order valence-corrected chi connectivity index (χ2v) is 18.8. The molecule has 0 fully saturated rings. The summed E-state index contributed by atoms with van der Waals surface area (Å²) < 4.78 is 17.4. The zero-order valence-electron chi connectivity index (χ0n) is 46.6. The van der Waals surface area contributed by atoms with Crippen molar-refractivity contribution >= 4 is 11.9 Å². The van der Waals surface area contributed by atoms with Gasteiger partial charge >= 0.3 is 11.9 Å². The van der Waals surface area contributed by atoms with Crippen molar-refractivity contribution in [2.75, 3.05) is 19.8 Å². The van der Waals surface area contributed by atoms with Crippen LogP contribution in [0.2, 0.25) is 0 Å². The predicted octanol–water partition coefficient (Wildman–Crippen LogP) is 20.5. The van der Waals surface area contributed by atoms with Gasteiger partial charge in [0.15, 0.2) is 6.10 Å². The molecule has 0 amide bonds. The second-order valence-electron chi connectivity index (χ2n) is 18.8. The van der Waals surface area contributed by atoms with Crippen molar-refractivity contribution in [3.05, 3.63) is 146 Å². The van der Waals surface area contributed by atoms with E-state index in [0.717, 1.165) is 128 Å². The fourth-order valence-electron chi connectivity index (χ4n) is 7.55. The zero-order chi connectivity index (χ0) is 52.0. The summed E-state index contributed by atoms with van der Waals surface area (Å²) in [6.07, 6.45) is 88.8. The van der Waals surface area contributed by atoms with Crippen LogP contribution >= 0.6 is 0 Å². The lowest BCUT2D eigenvalue weighted by atomic mass is 10.1. The number of hydrogen-bond donors (Lipinski definition) is 0. The van der Waals surface area contributed by atoms with Gasteiger partial charge in [0.1, 0.15) is 6.61 Å². The molecule has 0 bridgehead atoms. The quantitative estimate of drug-likeness (QED) is 0.0345. The Hall–Kier alpha value is -4.22. The van der Waals surface area contributed by atoms with Crippen molar-refractivity contribution in [1.29, 1.82) is 0 Å². The van der Waals surface area contributed by atoms with Crippen LogP contribution < -0.4 is 0 Å². The summed E-state index contributed by atoms with van der Waals surface area (Å²) in [5.41, 5.74) is 0. The first-order valence-corrected chi connectivity index (χ1v) is 29.4. The molecular weight excluding hydrogens is 885 g/mol. The minimum atomic E-state index is -0.595. The second kappa shape index (κ2) is 61.1. The number of hydrogen-bond acceptors (Lipinski definition) is 5. The smallest absolute Gasteiger partial charge is 0.306 e. The summed E-state index contributed by atoms with van der Waals surface area (Å²) in [6, 6.07) is 0. The van der Waals surface area contributed by atoms with Crippen molar-refractivity contribution in [3.63, 3.8) is 0 Å². The number of ether oxygens (including phenoxy) is 3. The number of carbonyl (C=O) groups is 2. The first-order valence-electron chi connectivity index (χ1n) is 29.4. The molecule has 0 aromatic carbocycles. The van der Waals surface area contributed by atoms with Gasteiger partial charge in [-0.3, -0.25) is 9.59 Å². The highest BCUT2D eigenvalue weighted by Crippen LogP contribution is 2.13. The predicted molar refractivity (Wildman–Crippen MR) is 315 cm³/mol. The van der Waals surface area contributed by atoms with Crippen LogP contribution in [0, 0.1) is 0 Å². The van der Waals surface area contributed by atoms with Crippen LogP contribution in [0.15, 0.2) is 146 Å². The number of unbranched alkanes of at least 4 members (excludes halogenated alkanes) is 17. The van der Waals surface area contributed by atoms with Gasteiger partial charge in [0.25, 0.3) is 0 Å². The monoisotopic (exact) mass is 993 g/mol. The summed E-state index contributed by atoms with van der Waals surface area (Å²) in [7, 11) is 0. The average Bonchev–Trinajstić information content (AvgIpc) is 3.38. The third-order valence-electron chi connectivity index (χ3n) is 11.8. The van der Waals surface area contributed by atoms with E-state index in [1.54, 1.807) is 0 Å². The van der Waals surface area contributed by atoms with Gasteiger partial charge in [0.05, 0.1) is 6.61 Å². The highest BCUT2D eigenvalue weighted by Gasteiger charge is 2.17. The van der Waals surface area contributed by atoms with Crippen molar-refractivity contribution < 1.29 is 23.8 Å². The Kier molecular flexibility index (Phi) is 57.5. The third-order valence-corrected chi connectivity index (χ3v) is 11.8. The summed E-state index contributed by atoms with van der Waals surface area (Å²) in [5, 5.41) is 0. The molecule has 0 aliphatic heterocycles. The van der Waals surface area contributed by atoms with Gasteiger partial charge in [-0.15, -0.1) is 0 Å². The van der Waals surface area contributed by atoms with Gasteiger partial charge in [0, 0.05) is 19.4 Å². The van der Waals surface area contributed by atoms with Gasteiger partial charge in [-0.05, 0) is 135 Å². The molecule has 0 spiro atoms. The van der Waals surface area contributed by atoms with Crippen LogP contribution in [0.3, 0.4) is 0 Å². The molecule has 1 unspecified atom stereocenters. The van der Waals surface area contributed by atoms with E-state index >= 15 is 0 Å². The van der Waals surface area contributed by atoms with Crippen LogP contribution in [-0.4, -0.2) is 37.9 Å². The van der Waals surface area contributed by atoms with Gasteiger partial charge in [-0.1, -0.05) is 237 Å². The molecule has 72 heavy (non-hydrogen) atoms. The van der Waals surface area contributed by atoms with Crippen LogP contribution in [0.1, 0.15) is 239 Å². The van der Waals surface area contributed by atoms with Crippen LogP contribution in [0.4, 0.5) is 0 Å². The first kappa shape index (κ1) is 67.8. The van der Waals surface area contributed by atoms with E-state index < -0.39 is 6.10 Å². The maximum atomic E-state index is 12.9. The minimum absolute atomic E-state index is 0.0337. The summed E-state index contributed by atoms with van der Waals surface area (Å²) in [6.45, 7) is 7.41. The summed E-state index contributed by atoms with van der Waals surface area (Å²) in [5.74, 6) is -0.479. The highest BCUT2D eigenvalue weighted by atomic mass is 16.6. The molecule has 0 aliphatic carbocycles. The van der Waals surface area contributed by atoms with Crippen LogP contribution in [0.5, 0.6) is 0 Å². The van der Waals surface area contributed by atoms with Crippen LogP contribution in [0.25, 0.3) is 0 Å². The van der Waals surface area contributed by atoms with Gasteiger partial charge in [0.2, 0.25) is 0 Å². The minimum Gasteiger partial charge on any atom is -0.462 e. The first-order chi connectivity index (χ1) is 35.6. The largest absolute Gasteiger partial charge is 0.462 e. The molecule has 0 saturated heterocycles. The van der Waals surface area contributed by atoms with E-state index in [-0.39, 0.29) is 25.2 Å². The van der Waals surface area contributed by atoms with Crippen molar-refractivity contribution in [3.8, 4) is 0 Å². The fraction of sp³-hybridized carbons (Fsp3) is 0.612. The number of carbonyl (C=O) groups excluding carboxylic acids is 2. The highest BCUT2D eigenvalue weighted by molar-refractivity contribution is 5.70. The molecule has 0 aromatic heterocycles. The van der Waals surface area contributed by atoms with E-state index in [0.29, 0.717) is 19.4 Å². The lowest BCUT2D eigenvalue weighted by Gasteiger charge is -2.18. The van der Waals surface area contributed by atoms with E-state index in [4.69, 9.17) is 14.2 Å². The topological polar surface area (TPSA) is 61.8 Å². The number of rotatable bonds is 52. The Morgan fingerprint density at radius 2 is 0.625 bits per heavy atom. The van der Waals surface area contributed by atoms with Gasteiger partial charge in [-0.25, -0.2) is 0 Å². The normalized spacial score (nSPS) is 13.3. The van der Waals surface area contributed by atoms with Crippen molar-refractivity contribution in [2.45, 2.75) is 245 Å². The molecule has 0 saturated carbocycles. The van der Waals surface area contributed by atoms with E-state index in [9.17, 15) is 9.59 Å². The molecule has 0 radical (unpaired) electrons. The van der Waals surface area contributed by atoms with Gasteiger partial charge in [-0.2, -0.15) is 0 Å². The maximum absolute atomic E-state index is 12.9. The number of allylic oxidation sites excluding steroid dienone is 24. The molecule has 0 aliphatic rings. The molecular formula is C67H108O5. The zero-order valence-corrected chi connectivity index (χ0v) is 46.6. The van der Waals surface area contributed by atoms with Crippen LogP contribution in [-0.2, 0) is 23.8 Å². The number of esters is 2. The molecule has 0 aromatic rings.